The lowest BCUT2D eigenvalue weighted by Crippen LogP contribution is -2.36. The number of nitrogens with one attached hydrogen (secondary N) is 1. The first-order valence-electron chi connectivity index (χ1n) is 6.81. The highest BCUT2D eigenvalue weighted by atomic mass is 35.5. The van der Waals surface area contributed by atoms with E-state index in [9.17, 15) is 4.79 Å². The Morgan fingerprint density at radius 3 is 2.79 bits per heavy atom. The average molecular weight is 280 g/mol. The molecule has 0 aliphatic carbocycles. The topological polar surface area (TPSA) is 41.0 Å². The Hall–Kier alpha value is -1.26. The molecule has 0 atom stereocenters. The van der Waals surface area contributed by atoms with Gasteiger partial charge >= 0.3 is 5.69 Å². The van der Waals surface area contributed by atoms with Gasteiger partial charge in [-0.2, -0.15) is 0 Å². The number of rotatable bonds is 2. The Balaban J connectivity index is 1.99. The van der Waals surface area contributed by atoms with Crippen LogP contribution in [-0.4, -0.2) is 34.1 Å². The molecule has 0 spiro atoms. The lowest BCUT2D eigenvalue weighted by molar-refractivity contribution is 0.195. The lowest BCUT2D eigenvalue weighted by Gasteiger charge is -2.31. The quantitative estimate of drug-likeness (QED) is 0.918. The molecule has 1 saturated heterocycles. The molecule has 19 heavy (non-hydrogen) atoms. The van der Waals surface area contributed by atoms with Crippen molar-refractivity contribution in [1.82, 2.24) is 14.5 Å². The van der Waals surface area contributed by atoms with E-state index in [1.165, 1.54) is 0 Å². The third-order valence-corrected chi connectivity index (χ3v) is 4.39. The van der Waals surface area contributed by atoms with Crippen LogP contribution in [0, 0.1) is 0 Å². The fourth-order valence-electron chi connectivity index (χ4n) is 2.97. The minimum Gasteiger partial charge on any atom is -0.304 e. The van der Waals surface area contributed by atoms with Crippen LogP contribution in [0.2, 0.25) is 5.02 Å². The van der Waals surface area contributed by atoms with Gasteiger partial charge in [-0.1, -0.05) is 24.6 Å². The Morgan fingerprint density at radius 2 is 2.11 bits per heavy atom. The molecule has 1 fully saturated rings. The highest BCUT2D eigenvalue weighted by Gasteiger charge is 2.23. The predicted octanol–water partition coefficient (Wildman–Crippen LogP) is 2.64. The van der Waals surface area contributed by atoms with Gasteiger partial charge in [0.05, 0.1) is 16.1 Å². The minimum atomic E-state index is -0.0435. The van der Waals surface area contributed by atoms with E-state index in [2.05, 4.69) is 16.8 Å². The van der Waals surface area contributed by atoms with Crippen molar-refractivity contribution in [2.75, 3.05) is 19.6 Å². The van der Waals surface area contributed by atoms with E-state index in [1.54, 1.807) is 0 Å². The molecule has 0 bridgehead atoms. The van der Waals surface area contributed by atoms with Gasteiger partial charge in [-0.3, -0.25) is 4.57 Å². The van der Waals surface area contributed by atoms with Crippen molar-refractivity contribution in [2.24, 2.45) is 0 Å². The van der Waals surface area contributed by atoms with Crippen LogP contribution in [0.5, 0.6) is 0 Å². The third-order valence-electron chi connectivity index (χ3n) is 4.07. The van der Waals surface area contributed by atoms with E-state index in [0.717, 1.165) is 43.5 Å². The number of nitrogens with zero attached hydrogens (tertiary/aromatic N) is 2. The number of fused-ring (bicyclic) bond motifs is 1. The molecule has 1 aromatic heterocycles. The molecule has 5 heteroatoms. The second-order valence-corrected chi connectivity index (χ2v) is 5.51. The van der Waals surface area contributed by atoms with E-state index >= 15 is 0 Å². The number of hydrogen-bond acceptors (Lipinski definition) is 2. The summed E-state index contributed by atoms with van der Waals surface area (Å²) >= 11 is 6.14. The van der Waals surface area contributed by atoms with Crippen LogP contribution in [0.25, 0.3) is 11.0 Å². The van der Waals surface area contributed by atoms with Crippen LogP contribution in [0.3, 0.4) is 0 Å². The number of aromatic nitrogens is 2. The average Bonchev–Trinajstić information content (AvgIpc) is 2.77. The molecule has 4 nitrogen and oxygen atoms in total. The van der Waals surface area contributed by atoms with Gasteiger partial charge in [-0.15, -0.1) is 0 Å². The van der Waals surface area contributed by atoms with E-state index in [0.29, 0.717) is 5.02 Å². The maximum Gasteiger partial charge on any atom is 0.326 e. The molecule has 1 N–H and O–H groups in total. The second kappa shape index (κ2) is 5.02. The summed E-state index contributed by atoms with van der Waals surface area (Å²) in [6.07, 6.45) is 2.04. The number of halogens is 1. The van der Waals surface area contributed by atoms with Gasteiger partial charge < -0.3 is 9.88 Å². The summed E-state index contributed by atoms with van der Waals surface area (Å²) in [5.41, 5.74) is 1.64. The number of piperidine rings is 1. The molecule has 0 saturated carbocycles. The highest BCUT2D eigenvalue weighted by Crippen LogP contribution is 2.27. The summed E-state index contributed by atoms with van der Waals surface area (Å²) in [5.74, 6) is 0. The van der Waals surface area contributed by atoms with Crippen molar-refractivity contribution >= 4 is 22.6 Å². The molecular formula is C14H18ClN3O. The second-order valence-electron chi connectivity index (χ2n) is 5.10. The molecule has 3 rings (SSSR count). The minimum absolute atomic E-state index is 0.0435. The van der Waals surface area contributed by atoms with E-state index < -0.39 is 0 Å². The van der Waals surface area contributed by atoms with Crippen LogP contribution in [0.1, 0.15) is 25.8 Å². The zero-order valence-electron chi connectivity index (χ0n) is 11.0. The molecule has 1 aromatic carbocycles. The van der Waals surface area contributed by atoms with E-state index in [1.807, 2.05) is 22.8 Å². The number of hydrogen-bond donors (Lipinski definition) is 1. The summed E-state index contributed by atoms with van der Waals surface area (Å²) in [6, 6.07) is 5.95. The number of H-pyrrole nitrogens is 1. The number of benzene rings is 1. The molecule has 1 aliphatic rings. The Labute approximate surface area is 117 Å². The zero-order valence-corrected chi connectivity index (χ0v) is 11.8. The number of aromatic amines is 1. The lowest BCUT2D eigenvalue weighted by atomic mass is 10.0. The van der Waals surface area contributed by atoms with Crippen molar-refractivity contribution in [1.29, 1.82) is 0 Å². The molecule has 1 aliphatic heterocycles. The van der Waals surface area contributed by atoms with Gasteiger partial charge in [0.2, 0.25) is 0 Å². The van der Waals surface area contributed by atoms with Gasteiger partial charge in [0.25, 0.3) is 0 Å². The summed E-state index contributed by atoms with van der Waals surface area (Å²) in [6.45, 7) is 5.38. The SMILES string of the molecule is CCN1CCC(n2c(=O)[nH]c3c(Cl)cccc32)CC1. The van der Waals surface area contributed by atoms with Crippen LogP contribution in [0.15, 0.2) is 23.0 Å². The van der Waals surface area contributed by atoms with Crippen molar-refractivity contribution in [3.05, 3.63) is 33.7 Å². The summed E-state index contributed by atoms with van der Waals surface area (Å²) in [4.78, 5) is 17.5. The van der Waals surface area contributed by atoms with Crippen molar-refractivity contribution in [2.45, 2.75) is 25.8 Å². The number of likely N-dealkylation sites (tertiary alicyclic amines) is 1. The smallest absolute Gasteiger partial charge is 0.304 e. The summed E-state index contributed by atoms with van der Waals surface area (Å²) in [7, 11) is 0. The van der Waals surface area contributed by atoms with E-state index in [4.69, 9.17) is 11.6 Å². The predicted molar refractivity (Wildman–Crippen MR) is 78.0 cm³/mol. The van der Waals surface area contributed by atoms with Crippen LogP contribution < -0.4 is 5.69 Å². The normalized spacial score (nSPS) is 18.2. The summed E-state index contributed by atoms with van der Waals surface area (Å²) < 4.78 is 1.88. The third kappa shape index (κ3) is 2.19. The highest BCUT2D eigenvalue weighted by molar-refractivity contribution is 6.34. The fraction of sp³-hybridized carbons (Fsp3) is 0.500. The Kier molecular flexibility index (Phi) is 3.37. The molecule has 0 amide bonds. The fourth-order valence-corrected chi connectivity index (χ4v) is 3.19. The number of para-hydroxylation sites is 1. The van der Waals surface area contributed by atoms with Crippen LogP contribution in [-0.2, 0) is 0 Å². The van der Waals surface area contributed by atoms with E-state index in [-0.39, 0.29) is 11.7 Å². The van der Waals surface area contributed by atoms with Gasteiger partial charge in [-0.25, -0.2) is 4.79 Å². The van der Waals surface area contributed by atoms with Gasteiger partial charge in [-0.05, 0) is 31.5 Å². The van der Waals surface area contributed by atoms with Crippen LogP contribution >= 0.6 is 11.6 Å². The first-order chi connectivity index (χ1) is 9.20. The van der Waals surface area contributed by atoms with Gasteiger partial charge in [0.1, 0.15) is 0 Å². The maximum atomic E-state index is 12.2. The molecule has 2 heterocycles. The first-order valence-corrected chi connectivity index (χ1v) is 7.19. The standard InChI is InChI=1S/C14H18ClN3O/c1-2-17-8-6-10(7-9-17)18-12-5-3-4-11(15)13(12)16-14(18)19/h3-5,10H,2,6-9H2,1H3,(H,16,19). The monoisotopic (exact) mass is 279 g/mol. The van der Waals surface area contributed by atoms with Crippen molar-refractivity contribution in [3.8, 4) is 0 Å². The van der Waals surface area contributed by atoms with Gasteiger partial charge in [0, 0.05) is 19.1 Å². The maximum absolute atomic E-state index is 12.2. The Bertz CT molecular complexity index is 638. The van der Waals surface area contributed by atoms with Crippen LogP contribution in [0.4, 0.5) is 0 Å². The Morgan fingerprint density at radius 1 is 1.37 bits per heavy atom. The molecule has 102 valence electrons. The molecular weight excluding hydrogens is 262 g/mol. The molecule has 0 unspecified atom stereocenters. The largest absolute Gasteiger partial charge is 0.326 e. The van der Waals surface area contributed by atoms with Gasteiger partial charge in [0.15, 0.2) is 0 Å². The first kappa shape index (κ1) is 12.8. The number of imidazole rings is 1. The van der Waals surface area contributed by atoms with Crippen molar-refractivity contribution < 1.29 is 0 Å². The molecule has 0 radical (unpaired) electrons. The van der Waals surface area contributed by atoms with Crippen molar-refractivity contribution in [3.63, 3.8) is 0 Å². The zero-order chi connectivity index (χ0) is 13.4. The molecule has 2 aromatic rings. The summed E-state index contributed by atoms with van der Waals surface area (Å²) in [5, 5.41) is 0.611.